The molecule has 6 heteroatoms. The Labute approximate surface area is 165 Å². The molecule has 0 aromatic heterocycles. The Hall–Kier alpha value is -3.02. The van der Waals surface area contributed by atoms with Crippen LogP contribution in [-0.4, -0.2) is 41.2 Å². The van der Waals surface area contributed by atoms with Crippen molar-refractivity contribution in [2.24, 2.45) is 0 Å². The van der Waals surface area contributed by atoms with Gasteiger partial charge in [-0.15, -0.1) is 0 Å². The highest BCUT2D eigenvalue weighted by molar-refractivity contribution is 5.75. The first-order chi connectivity index (χ1) is 13.5. The quantitative estimate of drug-likeness (QED) is 0.803. The number of carboxylic acid groups (broad SMARTS) is 1. The first-order valence-electron chi connectivity index (χ1n) is 9.55. The van der Waals surface area contributed by atoms with Crippen molar-refractivity contribution in [2.45, 2.75) is 38.8 Å². The van der Waals surface area contributed by atoms with E-state index >= 15 is 0 Å². The van der Waals surface area contributed by atoms with Crippen LogP contribution in [0.4, 0.5) is 4.79 Å². The summed E-state index contributed by atoms with van der Waals surface area (Å²) in [4.78, 5) is 25.6. The first-order valence-corrected chi connectivity index (χ1v) is 9.55. The van der Waals surface area contributed by atoms with Crippen LogP contribution in [0.2, 0.25) is 0 Å². The summed E-state index contributed by atoms with van der Waals surface area (Å²) in [5, 5.41) is 12.1. The topological polar surface area (TPSA) is 78.9 Å². The molecule has 1 atom stereocenters. The summed E-state index contributed by atoms with van der Waals surface area (Å²) in [6.45, 7) is 3.40. The summed E-state index contributed by atoms with van der Waals surface area (Å²) in [5.41, 5.74) is 3.17. The lowest BCUT2D eigenvalue weighted by atomic mass is 10.0. The van der Waals surface area contributed by atoms with E-state index in [-0.39, 0.29) is 18.5 Å². The zero-order valence-electron chi connectivity index (χ0n) is 16.1. The predicted molar refractivity (Wildman–Crippen MR) is 106 cm³/mol. The molecule has 148 valence electrons. The van der Waals surface area contributed by atoms with Crippen molar-refractivity contribution in [3.8, 4) is 5.75 Å². The summed E-state index contributed by atoms with van der Waals surface area (Å²) >= 11 is 0. The Morgan fingerprint density at radius 2 is 2.00 bits per heavy atom. The zero-order chi connectivity index (χ0) is 19.9. The van der Waals surface area contributed by atoms with Crippen molar-refractivity contribution in [2.75, 3.05) is 13.2 Å². The second-order valence-corrected chi connectivity index (χ2v) is 7.15. The molecular weight excluding hydrogens is 356 g/mol. The molecule has 2 aromatic carbocycles. The Morgan fingerprint density at radius 1 is 1.21 bits per heavy atom. The van der Waals surface area contributed by atoms with Crippen molar-refractivity contribution in [1.82, 2.24) is 10.2 Å². The summed E-state index contributed by atoms with van der Waals surface area (Å²) < 4.78 is 5.76. The molecule has 0 radical (unpaired) electrons. The molecular formula is C22H26N2O4. The van der Waals surface area contributed by atoms with E-state index in [9.17, 15) is 9.59 Å². The second-order valence-electron chi connectivity index (χ2n) is 7.15. The van der Waals surface area contributed by atoms with Crippen molar-refractivity contribution in [3.05, 3.63) is 65.2 Å². The predicted octanol–water partition coefficient (Wildman–Crippen LogP) is 3.38. The second kappa shape index (κ2) is 9.26. The van der Waals surface area contributed by atoms with E-state index in [0.29, 0.717) is 32.5 Å². The fourth-order valence-corrected chi connectivity index (χ4v) is 3.38. The summed E-state index contributed by atoms with van der Waals surface area (Å²) in [6.07, 6.45) is 0.999. The van der Waals surface area contributed by atoms with Gasteiger partial charge >= 0.3 is 12.0 Å². The molecule has 0 saturated carbocycles. The lowest BCUT2D eigenvalue weighted by Crippen LogP contribution is -2.46. The van der Waals surface area contributed by atoms with Gasteiger partial charge in [-0.25, -0.2) is 4.79 Å². The van der Waals surface area contributed by atoms with Gasteiger partial charge in [-0.1, -0.05) is 48.0 Å². The summed E-state index contributed by atoms with van der Waals surface area (Å²) in [6, 6.07) is 15.3. The minimum atomic E-state index is -0.861. The van der Waals surface area contributed by atoms with Crippen molar-refractivity contribution < 1.29 is 19.4 Å². The SMILES string of the molecule is Cc1ccc2c(c1)CN(C(=O)NC(CCC(=O)O)Cc1ccccc1)CCO2. The molecule has 0 spiro atoms. The third kappa shape index (κ3) is 5.49. The number of hydrogen-bond acceptors (Lipinski definition) is 3. The van der Waals surface area contributed by atoms with Crippen LogP contribution in [-0.2, 0) is 17.8 Å². The number of hydrogen-bond donors (Lipinski definition) is 2. The van der Waals surface area contributed by atoms with E-state index in [2.05, 4.69) is 5.32 Å². The number of benzene rings is 2. The zero-order valence-corrected chi connectivity index (χ0v) is 16.1. The van der Waals surface area contributed by atoms with E-state index in [0.717, 1.165) is 22.4 Å². The van der Waals surface area contributed by atoms with Crippen molar-refractivity contribution in [1.29, 1.82) is 0 Å². The molecule has 0 fully saturated rings. The third-order valence-corrected chi connectivity index (χ3v) is 4.84. The van der Waals surface area contributed by atoms with Gasteiger partial charge in [0.1, 0.15) is 12.4 Å². The highest BCUT2D eigenvalue weighted by Gasteiger charge is 2.23. The van der Waals surface area contributed by atoms with Crippen LogP contribution in [0.15, 0.2) is 48.5 Å². The van der Waals surface area contributed by atoms with Gasteiger partial charge in [-0.2, -0.15) is 0 Å². The molecule has 3 rings (SSSR count). The average Bonchev–Trinajstić information content (AvgIpc) is 2.89. The number of carbonyl (C=O) groups is 2. The number of carbonyl (C=O) groups excluding carboxylic acids is 1. The van der Waals surface area contributed by atoms with Crippen LogP contribution in [0.25, 0.3) is 0 Å². The number of urea groups is 1. The van der Waals surface area contributed by atoms with Gasteiger partial charge in [0.2, 0.25) is 0 Å². The van der Waals surface area contributed by atoms with Crippen molar-refractivity contribution in [3.63, 3.8) is 0 Å². The molecule has 0 bridgehead atoms. The number of nitrogens with zero attached hydrogens (tertiary/aromatic N) is 1. The number of aliphatic carboxylic acids is 1. The lowest BCUT2D eigenvalue weighted by molar-refractivity contribution is -0.137. The number of nitrogens with one attached hydrogen (secondary N) is 1. The van der Waals surface area contributed by atoms with Gasteiger partial charge in [0, 0.05) is 18.0 Å². The molecule has 1 heterocycles. The first kappa shape index (κ1) is 19.7. The van der Waals surface area contributed by atoms with Gasteiger partial charge in [0.15, 0.2) is 0 Å². The summed E-state index contributed by atoms with van der Waals surface area (Å²) in [7, 11) is 0. The molecule has 0 aliphatic carbocycles. The molecule has 0 saturated heterocycles. The van der Waals surface area contributed by atoms with Gasteiger partial charge in [0.25, 0.3) is 0 Å². The van der Waals surface area contributed by atoms with Gasteiger partial charge in [0.05, 0.1) is 13.1 Å². The van der Waals surface area contributed by atoms with Crippen molar-refractivity contribution >= 4 is 12.0 Å². The minimum absolute atomic E-state index is 0.0168. The Bertz CT molecular complexity index is 823. The maximum atomic E-state index is 12.9. The van der Waals surface area contributed by atoms with E-state index < -0.39 is 5.97 Å². The van der Waals surface area contributed by atoms with Gasteiger partial charge < -0.3 is 20.1 Å². The molecule has 2 amide bonds. The third-order valence-electron chi connectivity index (χ3n) is 4.84. The van der Waals surface area contributed by atoms with Gasteiger partial charge in [-0.3, -0.25) is 4.79 Å². The van der Waals surface area contributed by atoms with Crippen LogP contribution in [0.1, 0.15) is 29.5 Å². The monoisotopic (exact) mass is 382 g/mol. The normalized spacial score (nSPS) is 14.4. The molecule has 2 aromatic rings. The Kier molecular flexibility index (Phi) is 6.53. The molecule has 2 N–H and O–H groups in total. The number of ether oxygens (including phenoxy) is 1. The Morgan fingerprint density at radius 3 is 2.75 bits per heavy atom. The highest BCUT2D eigenvalue weighted by atomic mass is 16.5. The minimum Gasteiger partial charge on any atom is -0.491 e. The molecule has 1 aliphatic rings. The maximum Gasteiger partial charge on any atom is 0.318 e. The maximum absolute atomic E-state index is 12.9. The number of aryl methyl sites for hydroxylation is 1. The standard InChI is InChI=1S/C22H26N2O4/c1-16-7-9-20-18(13-16)15-24(11-12-28-20)22(27)23-19(8-10-21(25)26)14-17-5-3-2-4-6-17/h2-7,9,13,19H,8,10-12,14-15H2,1H3,(H,23,27)(H,25,26). The fraction of sp³-hybridized carbons (Fsp3) is 0.364. The van der Waals surface area contributed by atoms with Crippen LogP contribution in [0.5, 0.6) is 5.75 Å². The largest absolute Gasteiger partial charge is 0.491 e. The van der Waals surface area contributed by atoms with Gasteiger partial charge in [-0.05, 0) is 31.4 Å². The number of amides is 2. The fourth-order valence-electron chi connectivity index (χ4n) is 3.38. The van der Waals surface area contributed by atoms with E-state index in [4.69, 9.17) is 9.84 Å². The van der Waals surface area contributed by atoms with Crippen LogP contribution in [0, 0.1) is 6.92 Å². The lowest BCUT2D eigenvalue weighted by Gasteiger charge is -2.25. The number of fused-ring (bicyclic) bond motifs is 1. The highest BCUT2D eigenvalue weighted by Crippen LogP contribution is 2.24. The average molecular weight is 382 g/mol. The molecule has 6 nitrogen and oxygen atoms in total. The number of rotatable bonds is 6. The number of carboxylic acids is 1. The van der Waals surface area contributed by atoms with Crippen LogP contribution < -0.4 is 10.1 Å². The smallest absolute Gasteiger partial charge is 0.318 e. The Balaban J connectivity index is 1.68. The van der Waals surface area contributed by atoms with Crippen LogP contribution >= 0.6 is 0 Å². The van der Waals surface area contributed by atoms with E-state index in [1.54, 1.807) is 4.90 Å². The van der Waals surface area contributed by atoms with Crippen LogP contribution in [0.3, 0.4) is 0 Å². The van der Waals surface area contributed by atoms with E-state index in [1.165, 1.54) is 0 Å². The molecule has 1 unspecified atom stereocenters. The molecule has 28 heavy (non-hydrogen) atoms. The molecule has 1 aliphatic heterocycles. The van der Waals surface area contributed by atoms with E-state index in [1.807, 2.05) is 55.5 Å². The summed E-state index contributed by atoms with van der Waals surface area (Å²) in [5.74, 6) is -0.0486.